The number of para-hydroxylation sites is 2. The largest absolute Gasteiger partial charge is 0.440 e. The number of oxazole rings is 1. The zero-order chi connectivity index (χ0) is 10.3. The first-order chi connectivity index (χ1) is 7.33. The molecular formula is C12H14N2O. The molecule has 0 spiro atoms. The number of benzene rings is 1. The molecule has 1 fully saturated rings. The molecule has 1 saturated heterocycles. The molecule has 1 aliphatic rings. The van der Waals surface area contributed by atoms with Crippen LogP contribution in [-0.4, -0.2) is 17.6 Å². The summed E-state index contributed by atoms with van der Waals surface area (Å²) in [5.74, 6) is 1.32. The molecule has 0 saturated carbocycles. The lowest BCUT2D eigenvalue weighted by molar-refractivity contribution is 0.482. The number of hydrogen-bond donors (Lipinski definition) is 1. The second-order valence-corrected chi connectivity index (χ2v) is 4.26. The van der Waals surface area contributed by atoms with Crippen molar-refractivity contribution in [3.05, 3.63) is 30.2 Å². The number of aromatic nitrogens is 1. The molecule has 0 amide bonds. The van der Waals surface area contributed by atoms with Gasteiger partial charge in [0.15, 0.2) is 11.5 Å². The minimum atomic E-state index is 0.437. The molecule has 2 aromatic rings. The van der Waals surface area contributed by atoms with Crippen LogP contribution < -0.4 is 5.32 Å². The molecule has 2 heterocycles. The van der Waals surface area contributed by atoms with E-state index in [0.717, 1.165) is 30.0 Å². The highest BCUT2D eigenvalue weighted by atomic mass is 16.3. The van der Waals surface area contributed by atoms with Crippen LogP contribution in [0.4, 0.5) is 0 Å². The minimum absolute atomic E-state index is 0.437. The maximum atomic E-state index is 5.75. The Morgan fingerprint density at radius 3 is 3.00 bits per heavy atom. The first-order valence-corrected chi connectivity index (χ1v) is 5.42. The molecule has 1 N–H and O–H groups in total. The first kappa shape index (κ1) is 8.92. The summed E-state index contributed by atoms with van der Waals surface area (Å²) in [4.78, 5) is 4.52. The molecule has 1 aromatic carbocycles. The van der Waals surface area contributed by atoms with Gasteiger partial charge in [0.1, 0.15) is 5.52 Å². The van der Waals surface area contributed by atoms with E-state index in [4.69, 9.17) is 4.42 Å². The van der Waals surface area contributed by atoms with Gasteiger partial charge >= 0.3 is 0 Å². The van der Waals surface area contributed by atoms with Crippen molar-refractivity contribution in [1.82, 2.24) is 10.3 Å². The Bertz CT molecular complexity index is 444. The second-order valence-electron chi connectivity index (χ2n) is 4.26. The van der Waals surface area contributed by atoms with E-state index in [9.17, 15) is 0 Å². The molecule has 2 atom stereocenters. The predicted molar refractivity (Wildman–Crippen MR) is 58.8 cm³/mol. The van der Waals surface area contributed by atoms with Crippen molar-refractivity contribution in [2.75, 3.05) is 6.54 Å². The van der Waals surface area contributed by atoms with Crippen molar-refractivity contribution in [1.29, 1.82) is 0 Å². The van der Waals surface area contributed by atoms with Gasteiger partial charge in [-0.15, -0.1) is 0 Å². The second kappa shape index (κ2) is 3.35. The molecular weight excluding hydrogens is 188 g/mol. The number of rotatable bonds is 1. The minimum Gasteiger partial charge on any atom is -0.440 e. The summed E-state index contributed by atoms with van der Waals surface area (Å²) in [7, 11) is 0. The van der Waals surface area contributed by atoms with Gasteiger partial charge in [0, 0.05) is 18.5 Å². The van der Waals surface area contributed by atoms with Crippen LogP contribution in [0, 0.1) is 0 Å². The summed E-state index contributed by atoms with van der Waals surface area (Å²) in [6.07, 6.45) is 1.12. The summed E-state index contributed by atoms with van der Waals surface area (Å²) in [6.45, 7) is 3.18. The van der Waals surface area contributed by atoms with E-state index in [1.807, 2.05) is 24.3 Å². The number of nitrogens with zero attached hydrogens (tertiary/aromatic N) is 1. The number of nitrogens with one attached hydrogen (secondary N) is 1. The fourth-order valence-corrected chi connectivity index (χ4v) is 2.19. The third-order valence-electron chi connectivity index (χ3n) is 3.01. The van der Waals surface area contributed by atoms with E-state index in [1.54, 1.807) is 0 Å². The Balaban J connectivity index is 1.98. The maximum absolute atomic E-state index is 5.75. The van der Waals surface area contributed by atoms with Crippen molar-refractivity contribution < 1.29 is 4.42 Å². The normalized spacial score (nSPS) is 26.2. The van der Waals surface area contributed by atoms with E-state index < -0.39 is 0 Å². The SMILES string of the molecule is CC1CC(c2nc3ccccc3o2)CN1. The molecule has 78 valence electrons. The lowest BCUT2D eigenvalue weighted by Gasteiger charge is -2.00. The molecule has 3 nitrogen and oxygen atoms in total. The molecule has 15 heavy (non-hydrogen) atoms. The van der Waals surface area contributed by atoms with Gasteiger partial charge in [-0.3, -0.25) is 0 Å². The average Bonchev–Trinajstić information content (AvgIpc) is 2.82. The lowest BCUT2D eigenvalue weighted by atomic mass is 10.1. The van der Waals surface area contributed by atoms with Crippen molar-refractivity contribution in [2.24, 2.45) is 0 Å². The van der Waals surface area contributed by atoms with Crippen LogP contribution >= 0.6 is 0 Å². The fraction of sp³-hybridized carbons (Fsp3) is 0.417. The number of hydrogen-bond acceptors (Lipinski definition) is 3. The average molecular weight is 202 g/mol. The Morgan fingerprint density at radius 2 is 2.27 bits per heavy atom. The fourth-order valence-electron chi connectivity index (χ4n) is 2.19. The predicted octanol–water partition coefficient (Wildman–Crippen LogP) is 2.29. The molecule has 3 rings (SSSR count). The monoisotopic (exact) mass is 202 g/mol. The maximum Gasteiger partial charge on any atom is 0.199 e. The molecule has 2 unspecified atom stereocenters. The molecule has 0 aliphatic carbocycles. The van der Waals surface area contributed by atoms with Gasteiger partial charge in [0.25, 0.3) is 0 Å². The molecule has 0 bridgehead atoms. The number of fused-ring (bicyclic) bond motifs is 1. The lowest BCUT2D eigenvalue weighted by Crippen LogP contribution is -2.16. The summed E-state index contributed by atoms with van der Waals surface area (Å²) in [5.41, 5.74) is 1.86. The molecule has 3 heteroatoms. The van der Waals surface area contributed by atoms with E-state index in [0.29, 0.717) is 12.0 Å². The highest BCUT2D eigenvalue weighted by Gasteiger charge is 2.26. The first-order valence-electron chi connectivity index (χ1n) is 5.42. The van der Waals surface area contributed by atoms with Gasteiger partial charge in [-0.2, -0.15) is 0 Å². The van der Waals surface area contributed by atoms with Crippen molar-refractivity contribution in [2.45, 2.75) is 25.3 Å². The molecule has 0 radical (unpaired) electrons. The van der Waals surface area contributed by atoms with E-state index in [1.165, 1.54) is 0 Å². The summed E-state index contributed by atoms with van der Waals surface area (Å²) in [6, 6.07) is 8.51. The smallest absolute Gasteiger partial charge is 0.199 e. The van der Waals surface area contributed by atoms with Gasteiger partial charge in [0.05, 0.1) is 0 Å². The van der Waals surface area contributed by atoms with Crippen LogP contribution in [0.15, 0.2) is 28.7 Å². The van der Waals surface area contributed by atoms with Crippen LogP contribution in [0.3, 0.4) is 0 Å². The highest BCUT2D eigenvalue weighted by molar-refractivity contribution is 5.72. The Morgan fingerprint density at radius 1 is 1.40 bits per heavy atom. The van der Waals surface area contributed by atoms with Crippen LogP contribution in [0.5, 0.6) is 0 Å². The topological polar surface area (TPSA) is 38.1 Å². The van der Waals surface area contributed by atoms with Crippen LogP contribution in [-0.2, 0) is 0 Å². The van der Waals surface area contributed by atoms with Crippen molar-refractivity contribution in [3.63, 3.8) is 0 Å². The van der Waals surface area contributed by atoms with E-state index in [2.05, 4.69) is 17.2 Å². The summed E-state index contributed by atoms with van der Waals surface area (Å²) < 4.78 is 5.75. The van der Waals surface area contributed by atoms with Gasteiger partial charge in [0.2, 0.25) is 0 Å². The van der Waals surface area contributed by atoms with Crippen molar-refractivity contribution in [3.8, 4) is 0 Å². The zero-order valence-electron chi connectivity index (χ0n) is 8.73. The molecule has 1 aliphatic heterocycles. The Kier molecular flexibility index (Phi) is 1.99. The van der Waals surface area contributed by atoms with Crippen LogP contribution in [0.25, 0.3) is 11.1 Å². The zero-order valence-corrected chi connectivity index (χ0v) is 8.73. The third-order valence-corrected chi connectivity index (χ3v) is 3.01. The quantitative estimate of drug-likeness (QED) is 0.771. The molecule has 1 aromatic heterocycles. The third kappa shape index (κ3) is 1.53. The summed E-state index contributed by atoms with van der Waals surface area (Å²) in [5, 5.41) is 3.41. The standard InChI is InChI=1S/C12H14N2O/c1-8-6-9(7-13-8)12-14-10-4-2-3-5-11(10)15-12/h2-5,8-9,13H,6-7H2,1H3. The van der Waals surface area contributed by atoms with Crippen LogP contribution in [0.1, 0.15) is 25.2 Å². The summed E-state index contributed by atoms with van der Waals surface area (Å²) >= 11 is 0. The van der Waals surface area contributed by atoms with E-state index in [-0.39, 0.29) is 0 Å². The highest BCUT2D eigenvalue weighted by Crippen LogP contribution is 2.27. The van der Waals surface area contributed by atoms with Gasteiger partial charge in [-0.05, 0) is 25.5 Å². The van der Waals surface area contributed by atoms with Gasteiger partial charge < -0.3 is 9.73 Å². The Labute approximate surface area is 88.5 Å². The van der Waals surface area contributed by atoms with Crippen molar-refractivity contribution >= 4 is 11.1 Å². The Hall–Kier alpha value is -1.35. The van der Waals surface area contributed by atoms with Crippen LogP contribution in [0.2, 0.25) is 0 Å². The van der Waals surface area contributed by atoms with Gasteiger partial charge in [-0.25, -0.2) is 4.98 Å². The van der Waals surface area contributed by atoms with E-state index >= 15 is 0 Å². The van der Waals surface area contributed by atoms with Gasteiger partial charge in [-0.1, -0.05) is 12.1 Å².